The summed E-state index contributed by atoms with van der Waals surface area (Å²) >= 11 is 0. The Labute approximate surface area is 129 Å². The number of benzene rings is 1. The number of pyridine rings is 1. The molecule has 1 N–H and O–H groups in total. The van der Waals surface area contributed by atoms with Crippen LogP contribution in [-0.4, -0.2) is 24.2 Å². The van der Waals surface area contributed by atoms with Gasteiger partial charge in [-0.15, -0.1) is 0 Å². The average Bonchev–Trinajstić information content (AvgIpc) is 2.55. The summed E-state index contributed by atoms with van der Waals surface area (Å²) in [6, 6.07) is 12.0. The molecule has 1 amide bonds. The first-order valence-corrected chi connectivity index (χ1v) is 7.33. The van der Waals surface area contributed by atoms with Gasteiger partial charge in [-0.3, -0.25) is 9.88 Å². The van der Waals surface area contributed by atoms with Gasteiger partial charge < -0.3 is 10.1 Å². The van der Waals surface area contributed by atoms with Gasteiger partial charge in [-0.2, -0.15) is 0 Å². The van der Waals surface area contributed by atoms with E-state index in [1.54, 1.807) is 17.3 Å². The molecular formula is C17H19N3O2. The summed E-state index contributed by atoms with van der Waals surface area (Å²) in [4.78, 5) is 17.9. The van der Waals surface area contributed by atoms with E-state index in [1.165, 1.54) is 7.11 Å². The molecule has 1 aromatic heterocycles. The van der Waals surface area contributed by atoms with Crippen LogP contribution in [0, 0.1) is 0 Å². The second-order valence-corrected chi connectivity index (χ2v) is 5.42. The standard InChI is InChI=1S/C17H19N3O2/c1-12-10-15(19-13-6-5-9-18-11-13)14-7-3-4-8-16(14)20(12)17(21)22-2/h3-9,11-12,15,19H,10H2,1-2H3/t12-,15+/m1/s1. The third kappa shape index (κ3) is 2.62. The zero-order valence-electron chi connectivity index (χ0n) is 12.7. The minimum Gasteiger partial charge on any atom is -0.452 e. The van der Waals surface area contributed by atoms with Crippen molar-refractivity contribution in [2.45, 2.75) is 25.4 Å². The normalized spacial score (nSPS) is 20.2. The average molecular weight is 297 g/mol. The summed E-state index contributed by atoms with van der Waals surface area (Å²) in [5.74, 6) is 0. The Morgan fingerprint density at radius 3 is 2.86 bits per heavy atom. The van der Waals surface area contributed by atoms with E-state index in [9.17, 15) is 4.79 Å². The van der Waals surface area contributed by atoms with Crippen LogP contribution in [0.1, 0.15) is 24.9 Å². The SMILES string of the molecule is COC(=O)N1c2ccccc2[C@@H](Nc2cccnc2)C[C@H]1C. The summed E-state index contributed by atoms with van der Waals surface area (Å²) in [7, 11) is 1.41. The van der Waals surface area contributed by atoms with Crippen LogP contribution >= 0.6 is 0 Å². The van der Waals surface area contributed by atoms with Crippen LogP contribution in [0.3, 0.4) is 0 Å². The van der Waals surface area contributed by atoms with Crippen molar-refractivity contribution in [3.8, 4) is 0 Å². The Balaban J connectivity index is 1.95. The molecule has 114 valence electrons. The van der Waals surface area contributed by atoms with Gasteiger partial charge >= 0.3 is 6.09 Å². The molecule has 2 atom stereocenters. The third-order valence-corrected chi connectivity index (χ3v) is 3.96. The van der Waals surface area contributed by atoms with Crippen LogP contribution in [0.5, 0.6) is 0 Å². The Morgan fingerprint density at radius 2 is 2.14 bits per heavy atom. The number of carbonyl (C=O) groups is 1. The van der Waals surface area contributed by atoms with Crippen molar-refractivity contribution in [3.63, 3.8) is 0 Å². The van der Waals surface area contributed by atoms with Crippen LogP contribution in [0.25, 0.3) is 0 Å². The van der Waals surface area contributed by atoms with Gasteiger partial charge in [0.1, 0.15) is 0 Å². The first kappa shape index (κ1) is 14.4. The van der Waals surface area contributed by atoms with E-state index in [2.05, 4.69) is 10.3 Å². The van der Waals surface area contributed by atoms with Crippen LogP contribution in [0.15, 0.2) is 48.8 Å². The number of nitrogens with zero attached hydrogens (tertiary/aromatic N) is 2. The minimum atomic E-state index is -0.320. The van der Waals surface area contributed by atoms with E-state index in [4.69, 9.17) is 4.74 Å². The summed E-state index contributed by atoms with van der Waals surface area (Å²) in [5.41, 5.74) is 2.96. The topological polar surface area (TPSA) is 54.5 Å². The predicted octanol–water partition coefficient (Wildman–Crippen LogP) is 3.60. The van der Waals surface area contributed by atoms with E-state index in [-0.39, 0.29) is 18.2 Å². The maximum atomic E-state index is 12.1. The van der Waals surface area contributed by atoms with Crippen molar-refractivity contribution in [1.29, 1.82) is 0 Å². The van der Waals surface area contributed by atoms with E-state index < -0.39 is 0 Å². The maximum absolute atomic E-state index is 12.1. The number of ether oxygens (including phenoxy) is 1. The highest BCUT2D eigenvalue weighted by Gasteiger charge is 2.34. The van der Waals surface area contributed by atoms with Crippen molar-refractivity contribution in [1.82, 2.24) is 4.98 Å². The van der Waals surface area contributed by atoms with Gasteiger partial charge in [0.05, 0.1) is 24.5 Å². The molecule has 1 aliphatic rings. The van der Waals surface area contributed by atoms with Gasteiger partial charge in [-0.05, 0) is 37.1 Å². The molecule has 0 unspecified atom stereocenters. The van der Waals surface area contributed by atoms with Gasteiger partial charge in [0, 0.05) is 18.4 Å². The van der Waals surface area contributed by atoms with Crippen LogP contribution in [0.4, 0.5) is 16.2 Å². The molecule has 0 bridgehead atoms. The molecule has 5 nitrogen and oxygen atoms in total. The molecule has 2 aromatic rings. The van der Waals surface area contributed by atoms with Gasteiger partial charge in [-0.25, -0.2) is 4.79 Å². The summed E-state index contributed by atoms with van der Waals surface area (Å²) in [5, 5.41) is 3.50. The number of rotatable bonds is 2. The van der Waals surface area contributed by atoms with Gasteiger partial charge in [0.2, 0.25) is 0 Å². The molecule has 1 aromatic carbocycles. The Bertz CT molecular complexity index is 660. The highest BCUT2D eigenvalue weighted by molar-refractivity contribution is 5.90. The van der Waals surface area contributed by atoms with Crippen LogP contribution in [0.2, 0.25) is 0 Å². The van der Waals surface area contributed by atoms with Crippen molar-refractivity contribution in [2.24, 2.45) is 0 Å². The zero-order chi connectivity index (χ0) is 15.5. The lowest BCUT2D eigenvalue weighted by molar-refractivity contribution is 0.175. The molecule has 1 aliphatic heterocycles. The van der Waals surface area contributed by atoms with Gasteiger partial charge in [0.15, 0.2) is 0 Å². The fourth-order valence-corrected chi connectivity index (χ4v) is 2.98. The molecule has 5 heteroatoms. The minimum absolute atomic E-state index is 0.0523. The smallest absolute Gasteiger partial charge is 0.414 e. The highest BCUT2D eigenvalue weighted by atomic mass is 16.5. The van der Waals surface area contributed by atoms with Crippen LogP contribution in [-0.2, 0) is 4.74 Å². The first-order valence-electron chi connectivity index (χ1n) is 7.33. The van der Waals surface area contributed by atoms with Crippen molar-refractivity contribution in [3.05, 3.63) is 54.4 Å². The van der Waals surface area contributed by atoms with Gasteiger partial charge in [0.25, 0.3) is 0 Å². The molecule has 2 heterocycles. The molecule has 0 fully saturated rings. The second-order valence-electron chi connectivity index (χ2n) is 5.42. The maximum Gasteiger partial charge on any atom is 0.414 e. The number of nitrogens with one attached hydrogen (secondary N) is 1. The van der Waals surface area contributed by atoms with Gasteiger partial charge in [-0.1, -0.05) is 18.2 Å². The Hall–Kier alpha value is -2.56. The lowest BCUT2D eigenvalue weighted by Gasteiger charge is -2.38. The number of amides is 1. The molecule has 0 saturated carbocycles. The predicted molar refractivity (Wildman–Crippen MR) is 86.0 cm³/mol. The molecule has 0 spiro atoms. The Kier molecular flexibility index (Phi) is 3.96. The molecular weight excluding hydrogens is 278 g/mol. The summed E-state index contributed by atoms with van der Waals surface area (Å²) < 4.78 is 4.93. The van der Waals surface area contributed by atoms with E-state index >= 15 is 0 Å². The monoisotopic (exact) mass is 297 g/mol. The molecule has 0 saturated heterocycles. The lowest BCUT2D eigenvalue weighted by Crippen LogP contribution is -2.44. The molecule has 0 radical (unpaired) electrons. The number of fused-ring (bicyclic) bond motifs is 1. The Morgan fingerprint density at radius 1 is 1.32 bits per heavy atom. The fourth-order valence-electron chi connectivity index (χ4n) is 2.98. The molecule has 22 heavy (non-hydrogen) atoms. The van der Waals surface area contributed by atoms with Crippen LogP contribution < -0.4 is 10.2 Å². The quantitative estimate of drug-likeness (QED) is 0.920. The van der Waals surface area contributed by atoms with E-state index in [1.807, 2.05) is 43.3 Å². The largest absolute Gasteiger partial charge is 0.452 e. The summed E-state index contributed by atoms with van der Waals surface area (Å²) in [6.07, 6.45) is 4.04. The summed E-state index contributed by atoms with van der Waals surface area (Å²) in [6.45, 7) is 2.03. The zero-order valence-corrected chi connectivity index (χ0v) is 12.7. The number of hydrogen-bond donors (Lipinski definition) is 1. The number of hydrogen-bond acceptors (Lipinski definition) is 4. The lowest BCUT2D eigenvalue weighted by atomic mass is 9.92. The number of carbonyl (C=O) groups excluding carboxylic acids is 1. The molecule has 0 aliphatic carbocycles. The number of methoxy groups -OCH3 is 1. The van der Waals surface area contributed by atoms with Crippen molar-refractivity contribution >= 4 is 17.5 Å². The first-order chi connectivity index (χ1) is 10.7. The molecule has 3 rings (SSSR count). The van der Waals surface area contributed by atoms with E-state index in [0.29, 0.717) is 0 Å². The number of para-hydroxylation sites is 1. The number of aromatic nitrogens is 1. The second kappa shape index (κ2) is 6.05. The third-order valence-electron chi connectivity index (χ3n) is 3.96. The highest BCUT2D eigenvalue weighted by Crippen LogP contribution is 2.38. The van der Waals surface area contributed by atoms with Crippen molar-refractivity contribution in [2.75, 3.05) is 17.3 Å². The fraction of sp³-hybridized carbons (Fsp3) is 0.294. The van der Waals surface area contributed by atoms with Crippen molar-refractivity contribution < 1.29 is 9.53 Å². The van der Waals surface area contributed by atoms with E-state index in [0.717, 1.165) is 23.4 Å². The number of anilines is 2.